The van der Waals surface area contributed by atoms with Gasteiger partial charge in [0.1, 0.15) is 0 Å². The number of likely N-dealkylation sites (tertiary alicyclic amines) is 1. The molecule has 0 bridgehead atoms. The minimum atomic E-state index is -0.789. The highest BCUT2D eigenvalue weighted by atomic mass is 35.5. The summed E-state index contributed by atoms with van der Waals surface area (Å²) in [5, 5.41) is 9.53. The van der Waals surface area contributed by atoms with Crippen LogP contribution in [0, 0.1) is 5.92 Å². The van der Waals surface area contributed by atoms with Crippen molar-refractivity contribution in [3.05, 3.63) is 33.8 Å². The van der Waals surface area contributed by atoms with Crippen LogP contribution in [0.5, 0.6) is 0 Å². The Bertz CT molecular complexity index is 548. The van der Waals surface area contributed by atoms with Crippen molar-refractivity contribution in [2.75, 3.05) is 13.1 Å². The molecule has 0 saturated carbocycles. The van der Waals surface area contributed by atoms with Gasteiger partial charge < -0.3 is 10.0 Å². The highest BCUT2D eigenvalue weighted by Gasteiger charge is 2.25. The van der Waals surface area contributed by atoms with Crippen LogP contribution in [0.3, 0.4) is 0 Å². The number of benzene rings is 1. The number of carbonyl (C=O) groups excluding carboxylic acids is 1. The van der Waals surface area contributed by atoms with Crippen molar-refractivity contribution in [3.63, 3.8) is 0 Å². The summed E-state index contributed by atoms with van der Waals surface area (Å²) in [4.78, 5) is 24.9. The van der Waals surface area contributed by atoms with E-state index in [4.69, 9.17) is 28.3 Å². The molecule has 1 aromatic rings. The maximum atomic E-state index is 12.5. The fraction of sp³-hybridized carbons (Fsp3) is 0.467. The van der Waals surface area contributed by atoms with Crippen LogP contribution < -0.4 is 0 Å². The molecule has 0 radical (unpaired) electrons. The molecule has 114 valence electrons. The first kappa shape index (κ1) is 16.1. The third-order valence-electron chi connectivity index (χ3n) is 3.74. The zero-order chi connectivity index (χ0) is 15.4. The number of aliphatic carboxylic acids is 1. The molecule has 2 rings (SSSR count). The lowest BCUT2D eigenvalue weighted by atomic mass is 9.93. The van der Waals surface area contributed by atoms with E-state index in [1.807, 2.05) is 0 Å². The van der Waals surface area contributed by atoms with Crippen molar-refractivity contribution in [2.24, 2.45) is 5.92 Å². The number of hydrogen-bond acceptors (Lipinski definition) is 2. The molecule has 1 heterocycles. The Hall–Kier alpha value is -1.26. The number of halogens is 2. The number of amides is 1. The van der Waals surface area contributed by atoms with Crippen LogP contribution in [0.25, 0.3) is 0 Å². The van der Waals surface area contributed by atoms with E-state index in [2.05, 4.69) is 0 Å². The van der Waals surface area contributed by atoms with E-state index in [1.165, 1.54) is 0 Å². The number of nitrogens with zero attached hydrogens (tertiary/aromatic N) is 1. The molecule has 21 heavy (non-hydrogen) atoms. The molecular formula is C15H17Cl2NO3. The number of carbonyl (C=O) groups is 2. The predicted octanol–water partition coefficient (Wildman–Crippen LogP) is 3.71. The second-order valence-electron chi connectivity index (χ2n) is 5.32. The van der Waals surface area contributed by atoms with Crippen LogP contribution in [0.1, 0.15) is 36.0 Å². The van der Waals surface area contributed by atoms with E-state index in [-0.39, 0.29) is 18.2 Å². The van der Waals surface area contributed by atoms with Gasteiger partial charge in [0.25, 0.3) is 5.91 Å². The van der Waals surface area contributed by atoms with Gasteiger partial charge in [0.2, 0.25) is 0 Å². The Morgan fingerprint density at radius 2 is 2.05 bits per heavy atom. The van der Waals surface area contributed by atoms with E-state index in [1.54, 1.807) is 23.1 Å². The van der Waals surface area contributed by atoms with Gasteiger partial charge in [0.15, 0.2) is 0 Å². The first-order chi connectivity index (χ1) is 9.97. The molecule has 0 aromatic heterocycles. The number of hydrogen-bond donors (Lipinski definition) is 1. The van der Waals surface area contributed by atoms with Gasteiger partial charge in [0, 0.05) is 25.1 Å². The third kappa shape index (κ3) is 4.35. The van der Waals surface area contributed by atoms with Gasteiger partial charge in [-0.15, -0.1) is 0 Å². The SMILES string of the molecule is O=C(O)CCC1CCCN(C(=O)c2ccc(Cl)c(Cl)c2)C1. The van der Waals surface area contributed by atoms with E-state index in [0.29, 0.717) is 35.1 Å². The minimum Gasteiger partial charge on any atom is -0.481 e. The van der Waals surface area contributed by atoms with E-state index in [0.717, 1.165) is 12.8 Å². The molecular weight excluding hydrogens is 313 g/mol. The quantitative estimate of drug-likeness (QED) is 0.915. The van der Waals surface area contributed by atoms with Gasteiger partial charge in [-0.2, -0.15) is 0 Å². The van der Waals surface area contributed by atoms with Gasteiger partial charge in [-0.05, 0) is 43.4 Å². The topological polar surface area (TPSA) is 57.6 Å². The van der Waals surface area contributed by atoms with Gasteiger partial charge in [-0.25, -0.2) is 0 Å². The fourth-order valence-corrected chi connectivity index (χ4v) is 2.92. The van der Waals surface area contributed by atoms with Crippen LogP contribution in [-0.2, 0) is 4.79 Å². The highest BCUT2D eigenvalue weighted by molar-refractivity contribution is 6.42. The monoisotopic (exact) mass is 329 g/mol. The Labute approximate surface area is 133 Å². The maximum Gasteiger partial charge on any atom is 0.303 e. The maximum absolute atomic E-state index is 12.5. The summed E-state index contributed by atoms with van der Waals surface area (Å²) in [6.07, 6.45) is 2.63. The summed E-state index contributed by atoms with van der Waals surface area (Å²) in [6, 6.07) is 4.85. The highest BCUT2D eigenvalue weighted by Crippen LogP contribution is 2.26. The molecule has 1 amide bonds. The van der Waals surface area contributed by atoms with Gasteiger partial charge >= 0.3 is 5.97 Å². The van der Waals surface area contributed by atoms with Crippen molar-refractivity contribution >= 4 is 35.1 Å². The predicted molar refractivity (Wildman–Crippen MR) is 82.0 cm³/mol. The standard InChI is InChI=1S/C15H17Cl2NO3/c16-12-5-4-11(8-13(12)17)15(21)18-7-1-2-10(9-18)3-6-14(19)20/h4-5,8,10H,1-3,6-7,9H2,(H,19,20). The Kier molecular flexibility index (Phi) is 5.48. The molecule has 1 unspecified atom stereocenters. The van der Waals surface area contributed by atoms with Crippen molar-refractivity contribution in [1.82, 2.24) is 4.90 Å². The molecule has 1 aromatic carbocycles. The number of carboxylic acids is 1. The molecule has 1 fully saturated rings. The summed E-state index contributed by atoms with van der Waals surface area (Å²) in [6.45, 7) is 1.30. The van der Waals surface area contributed by atoms with E-state index < -0.39 is 5.97 Å². The fourth-order valence-electron chi connectivity index (χ4n) is 2.62. The zero-order valence-corrected chi connectivity index (χ0v) is 13.0. The summed E-state index contributed by atoms with van der Waals surface area (Å²) < 4.78 is 0. The lowest BCUT2D eigenvalue weighted by Gasteiger charge is -2.32. The lowest BCUT2D eigenvalue weighted by Crippen LogP contribution is -2.40. The van der Waals surface area contributed by atoms with Gasteiger partial charge in [-0.1, -0.05) is 23.2 Å². The average molecular weight is 330 g/mol. The van der Waals surface area contributed by atoms with Crippen LogP contribution in [0.4, 0.5) is 0 Å². The lowest BCUT2D eigenvalue weighted by molar-refractivity contribution is -0.137. The number of piperidine rings is 1. The van der Waals surface area contributed by atoms with Crippen LogP contribution in [0.2, 0.25) is 10.0 Å². The minimum absolute atomic E-state index is 0.0754. The normalized spacial score (nSPS) is 18.6. The summed E-state index contributed by atoms with van der Waals surface area (Å²) in [5.41, 5.74) is 0.517. The molecule has 0 aliphatic carbocycles. The molecule has 1 aliphatic heterocycles. The Balaban J connectivity index is 2.01. The largest absolute Gasteiger partial charge is 0.481 e. The van der Waals surface area contributed by atoms with Crippen LogP contribution in [0.15, 0.2) is 18.2 Å². The van der Waals surface area contributed by atoms with Gasteiger partial charge in [0.05, 0.1) is 10.0 Å². The molecule has 4 nitrogen and oxygen atoms in total. The summed E-state index contributed by atoms with van der Waals surface area (Å²) >= 11 is 11.8. The second kappa shape index (κ2) is 7.14. The summed E-state index contributed by atoms with van der Waals surface area (Å²) in [5.74, 6) is -0.613. The third-order valence-corrected chi connectivity index (χ3v) is 4.48. The van der Waals surface area contributed by atoms with Gasteiger partial charge in [-0.3, -0.25) is 9.59 Å². The Morgan fingerprint density at radius 1 is 1.29 bits per heavy atom. The molecule has 1 aliphatic rings. The van der Waals surface area contributed by atoms with Crippen molar-refractivity contribution in [3.8, 4) is 0 Å². The Morgan fingerprint density at radius 3 is 2.71 bits per heavy atom. The van der Waals surface area contributed by atoms with Crippen LogP contribution >= 0.6 is 23.2 Å². The smallest absolute Gasteiger partial charge is 0.303 e. The molecule has 0 spiro atoms. The molecule has 1 N–H and O–H groups in total. The van der Waals surface area contributed by atoms with Crippen molar-refractivity contribution in [2.45, 2.75) is 25.7 Å². The van der Waals surface area contributed by atoms with Crippen molar-refractivity contribution in [1.29, 1.82) is 0 Å². The first-order valence-electron chi connectivity index (χ1n) is 6.93. The average Bonchev–Trinajstić information content (AvgIpc) is 2.47. The molecule has 6 heteroatoms. The van der Waals surface area contributed by atoms with E-state index >= 15 is 0 Å². The molecule has 1 atom stereocenters. The first-order valence-corrected chi connectivity index (χ1v) is 7.69. The number of rotatable bonds is 4. The zero-order valence-electron chi connectivity index (χ0n) is 11.5. The summed E-state index contributed by atoms with van der Waals surface area (Å²) in [7, 11) is 0. The molecule has 1 saturated heterocycles. The van der Waals surface area contributed by atoms with Crippen LogP contribution in [-0.4, -0.2) is 35.0 Å². The van der Waals surface area contributed by atoms with E-state index in [9.17, 15) is 9.59 Å². The second-order valence-corrected chi connectivity index (χ2v) is 6.14. The van der Waals surface area contributed by atoms with Crippen molar-refractivity contribution < 1.29 is 14.7 Å². The number of carboxylic acid groups (broad SMARTS) is 1.